The lowest BCUT2D eigenvalue weighted by atomic mass is 10.2. The van der Waals surface area contributed by atoms with Gasteiger partial charge in [-0.2, -0.15) is 0 Å². The number of para-hydroxylation sites is 1. The second-order valence-corrected chi connectivity index (χ2v) is 4.59. The Morgan fingerprint density at radius 1 is 1.11 bits per heavy atom. The Balaban J connectivity index is 2.45. The smallest absolute Gasteiger partial charge is 0.252 e. The van der Waals surface area contributed by atoms with Crippen LogP contribution < -0.4 is 16.2 Å². The van der Waals surface area contributed by atoms with Crippen LogP contribution in [0.3, 0.4) is 0 Å². The fourth-order valence-electron chi connectivity index (χ4n) is 1.55. The molecule has 2 aromatic carbocycles. The van der Waals surface area contributed by atoms with Crippen LogP contribution in [0.5, 0.6) is 11.5 Å². The summed E-state index contributed by atoms with van der Waals surface area (Å²) in [5, 5.41) is 0.508. The van der Waals surface area contributed by atoms with Gasteiger partial charge in [0, 0.05) is 5.69 Å². The highest BCUT2D eigenvalue weighted by atomic mass is 35.5. The first-order chi connectivity index (χ1) is 8.99. The number of amides is 1. The first-order valence-electron chi connectivity index (χ1n) is 5.30. The molecule has 0 bridgehead atoms. The van der Waals surface area contributed by atoms with Gasteiger partial charge in [0.1, 0.15) is 5.75 Å². The van der Waals surface area contributed by atoms with E-state index >= 15 is 0 Å². The summed E-state index contributed by atoms with van der Waals surface area (Å²) in [5.41, 5.74) is 11.5. The van der Waals surface area contributed by atoms with Crippen LogP contribution >= 0.6 is 23.2 Å². The summed E-state index contributed by atoms with van der Waals surface area (Å²) in [7, 11) is 0. The van der Waals surface area contributed by atoms with Gasteiger partial charge in [-0.25, -0.2) is 0 Å². The highest BCUT2D eigenvalue weighted by molar-refractivity contribution is 6.37. The van der Waals surface area contributed by atoms with E-state index in [1.54, 1.807) is 24.3 Å². The highest BCUT2D eigenvalue weighted by Crippen LogP contribution is 2.38. The molecule has 2 aromatic rings. The van der Waals surface area contributed by atoms with Crippen molar-refractivity contribution in [2.75, 3.05) is 5.73 Å². The van der Waals surface area contributed by atoms with E-state index in [4.69, 9.17) is 39.4 Å². The van der Waals surface area contributed by atoms with Crippen molar-refractivity contribution in [2.45, 2.75) is 0 Å². The van der Waals surface area contributed by atoms with Crippen LogP contribution in [0.4, 0.5) is 5.69 Å². The molecule has 2 rings (SSSR count). The number of ether oxygens (including phenoxy) is 1. The molecule has 0 aliphatic heterocycles. The number of carbonyl (C=O) groups is 1. The van der Waals surface area contributed by atoms with Gasteiger partial charge < -0.3 is 16.2 Å². The minimum Gasteiger partial charge on any atom is -0.453 e. The molecule has 4 nitrogen and oxygen atoms in total. The topological polar surface area (TPSA) is 78.3 Å². The normalized spacial score (nSPS) is 10.2. The average molecular weight is 297 g/mol. The van der Waals surface area contributed by atoms with Crippen molar-refractivity contribution < 1.29 is 9.53 Å². The number of nitrogen functional groups attached to an aromatic ring is 1. The minimum atomic E-state index is -0.599. The first kappa shape index (κ1) is 13.5. The first-order valence-corrected chi connectivity index (χ1v) is 6.06. The van der Waals surface area contributed by atoms with E-state index in [1.807, 2.05) is 0 Å². The van der Waals surface area contributed by atoms with Crippen LogP contribution in [0.1, 0.15) is 10.4 Å². The average Bonchev–Trinajstić information content (AvgIpc) is 2.34. The van der Waals surface area contributed by atoms with Gasteiger partial charge in [-0.15, -0.1) is 0 Å². The number of primary amides is 1. The molecule has 0 fully saturated rings. The molecule has 0 radical (unpaired) electrons. The Labute approximate surface area is 119 Å². The Morgan fingerprint density at radius 2 is 1.68 bits per heavy atom. The molecule has 0 saturated carbocycles. The van der Waals surface area contributed by atoms with E-state index in [0.29, 0.717) is 5.69 Å². The highest BCUT2D eigenvalue weighted by Gasteiger charge is 2.14. The van der Waals surface area contributed by atoms with Crippen molar-refractivity contribution in [3.8, 4) is 11.5 Å². The van der Waals surface area contributed by atoms with Crippen LogP contribution in [-0.4, -0.2) is 5.91 Å². The molecule has 0 heterocycles. The summed E-state index contributed by atoms with van der Waals surface area (Å²) in [4.78, 5) is 11.3. The van der Waals surface area contributed by atoms with Crippen molar-refractivity contribution in [2.24, 2.45) is 5.73 Å². The van der Waals surface area contributed by atoms with Crippen LogP contribution in [0.25, 0.3) is 0 Å². The lowest BCUT2D eigenvalue weighted by Gasteiger charge is -2.12. The number of carbonyl (C=O) groups excluding carboxylic acids is 1. The van der Waals surface area contributed by atoms with E-state index in [-0.39, 0.29) is 27.1 Å². The molecule has 1 amide bonds. The SMILES string of the molecule is NC(=O)c1ccccc1Oc1c(Cl)cc(N)cc1Cl. The maximum absolute atomic E-state index is 11.3. The summed E-state index contributed by atoms with van der Waals surface area (Å²) in [6.45, 7) is 0. The second-order valence-electron chi connectivity index (χ2n) is 3.78. The molecular weight excluding hydrogens is 287 g/mol. The lowest BCUT2D eigenvalue weighted by molar-refractivity contribution is 0.0998. The molecule has 0 atom stereocenters. The summed E-state index contributed by atoms with van der Waals surface area (Å²) < 4.78 is 5.57. The zero-order valence-corrected chi connectivity index (χ0v) is 11.2. The molecule has 0 saturated heterocycles. The second kappa shape index (κ2) is 5.38. The fraction of sp³-hybridized carbons (Fsp3) is 0. The number of nitrogens with two attached hydrogens (primary N) is 2. The maximum Gasteiger partial charge on any atom is 0.252 e. The van der Waals surface area contributed by atoms with Crippen molar-refractivity contribution in [1.29, 1.82) is 0 Å². The summed E-state index contributed by atoms with van der Waals surface area (Å²) in [6.07, 6.45) is 0. The third kappa shape index (κ3) is 2.92. The summed E-state index contributed by atoms with van der Waals surface area (Å²) in [6, 6.07) is 9.56. The van der Waals surface area contributed by atoms with Gasteiger partial charge in [0.2, 0.25) is 0 Å². The molecule has 4 N–H and O–H groups in total. The predicted molar refractivity (Wildman–Crippen MR) is 75.9 cm³/mol. The van der Waals surface area contributed by atoms with Crippen molar-refractivity contribution >= 4 is 34.8 Å². The predicted octanol–water partition coefficient (Wildman–Crippen LogP) is 3.47. The number of anilines is 1. The van der Waals surface area contributed by atoms with E-state index in [1.165, 1.54) is 12.1 Å². The Kier molecular flexibility index (Phi) is 3.83. The van der Waals surface area contributed by atoms with Crippen molar-refractivity contribution in [3.63, 3.8) is 0 Å². The number of benzene rings is 2. The quantitative estimate of drug-likeness (QED) is 0.851. The molecular formula is C13H10Cl2N2O2. The lowest BCUT2D eigenvalue weighted by Crippen LogP contribution is -2.12. The summed E-state index contributed by atoms with van der Waals surface area (Å²) in [5.74, 6) is -0.0897. The fourth-order valence-corrected chi connectivity index (χ4v) is 2.13. The van der Waals surface area contributed by atoms with Crippen LogP contribution in [-0.2, 0) is 0 Å². The number of halogens is 2. The largest absolute Gasteiger partial charge is 0.453 e. The molecule has 0 spiro atoms. The van der Waals surface area contributed by atoms with Crippen LogP contribution in [0.2, 0.25) is 10.0 Å². The molecule has 6 heteroatoms. The van der Waals surface area contributed by atoms with Crippen molar-refractivity contribution in [3.05, 3.63) is 52.0 Å². The van der Waals surface area contributed by atoms with Gasteiger partial charge in [0.05, 0.1) is 15.6 Å². The zero-order chi connectivity index (χ0) is 14.0. The van der Waals surface area contributed by atoms with Crippen molar-refractivity contribution in [1.82, 2.24) is 0 Å². The standard InChI is InChI=1S/C13H10Cl2N2O2/c14-9-5-7(16)6-10(15)12(9)19-11-4-2-1-3-8(11)13(17)18/h1-6H,16H2,(H2,17,18). The van der Waals surface area contributed by atoms with Gasteiger partial charge in [-0.3, -0.25) is 4.79 Å². The molecule has 19 heavy (non-hydrogen) atoms. The van der Waals surface area contributed by atoms with E-state index < -0.39 is 5.91 Å². The van der Waals surface area contributed by atoms with Crippen LogP contribution in [0.15, 0.2) is 36.4 Å². The molecule has 0 unspecified atom stereocenters. The minimum absolute atomic E-state index is 0.228. The molecule has 0 aliphatic rings. The van der Waals surface area contributed by atoms with Gasteiger partial charge in [-0.1, -0.05) is 35.3 Å². The van der Waals surface area contributed by atoms with E-state index in [0.717, 1.165) is 0 Å². The Hall–Kier alpha value is -1.91. The Morgan fingerprint density at radius 3 is 2.26 bits per heavy atom. The monoisotopic (exact) mass is 296 g/mol. The molecule has 0 aliphatic carbocycles. The number of hydrogen-bond donors (Lipinski definition) is 2. The van der Waals surface area contributed by atoms with Gasteiger partial charge >= 0.3 is 0 Å². The van der Waals surface area contributed by atoms with E-state index in [9.17, 15) is 4.79 Å². The third-order valence-corrected chi connectivity index (χ3v) is 2.95. The zero-order valence-electron chi connectivity index (χ0n) is 9.69. The van der Waals surface area contributed by atoms with Gasteiger partial charge in [0.25, 0.3) is 5.91 Å². The summed E-state index contributed by atoms with van der Waals surface area (Å²) >= 11 is 12.0. The number of rotatable bonds is 3. The maximum atomic E-state index is 11.3. The number of hydrogen-bond acceptors (Lipinski definition) is 3. The third-order valence-electron chi connectivity index (χ3n) is 2.39. The molecule has 98 valence electrons. The van der Waals surface area contributed by atoms with Crippen LogP contribution in [0, 0.1) is 0 Å². The Bertz CT molecular complexity index is 621. The van der Waals surface area contributed by atoms with Gasteiger partial charge in [0.15, 0.2) is 5.75 Å². The van der Waals surface area contributed by atoms with E-state index in [2.05, 4.69) is 0 Å². The molecule has 0 aromatic heterocycles. The van der Waals surface area contributed by atoms with Gasteiger partial charge in [-0.05, 0) is 24.3 Å².